The van der Waals surface area contributed by atoms with Crippen molar-refractivity contribution in [3.8, 4) is 17.2 Å². The molecule has 1 aromatic carbocycles. The molecule has 7 heteroatoms. The van der Waals surface area contributed by atoms with E-state index in [1.54, 1.807) is 33.5 Å². The summed E-state index contributed by atoms with van der Waals surface area (Å²) >= 11 is 0. The van der Waals surface area contributed by atoms with Gasteiger partial charge in [-0.3, -0.25) is 9.78 Å². The van der Waals surface area contributed by atoms with Gasteiger partial charge >= 0.3 is 0 Å². The number of aromatic nitrogens is 1. The minimum Gasteiger partial charge on any atom is -0.493 e. The molecule has 1 atom stereocenters. The van der Waals surface area contributed by atoms with Gasteiger partial charge in [0.05, 0.1) is 21.3 Å². The SMILES string of the molecule is CCCCN(CCC)CCC1(c2ccccn2)CCN(C(=O)c2cc(OC)c(OC)c(OC)c2)C1. The van der Waals surface area contributed by atoms with Crippen molar-refractivity contribution < 1.29 is 19.0 Å². The summed E-state index contributed by atoms with van der Waals surface area (Å²) in [7, 11) is 4.69. The van der Waals surface area contributed by atoms with Crippen molar-refractivity contribution in [2.24, 2.45) is 0 Å². The number of carbonyl (C=O) groups excluding carboxylic acids is 1. The molecular weight excluding hydrogens is 442 g/mol. The zero-order valence-corrected chi connectivity index (χ0v) is 22.0. The molecule has 2 heterocycles. The van der Waals surface area contributed by atoms with Crippen molar-refractivity contribution in [1.82, 2.24) is 14.8 Å². The van der Waals surface area contributed by atoms with Crippen LogP contribution in [0.2, 0.25) is 0 Å². The van der Waals surface area contributed by atoms with Crippen molar-refractivity contribution in [2.75, 3.05) is 54.1 Å². The second kappa shape index (κ2) is 12.8. The Bertz CT molecular complexity index is 927. The van der Waals surface area contributed by atoms with E-state index in [1.165, 1.54) is 12.8 Å². The lowest BCUT2D eigenvalue weighted by atomic mass is 9.79. The van der Waals surface area contributed by atoms with Crippen LogP contribution in [0.3, 0.4) is 0 Å². The van der Waals surface area contributed by atoms with Crippen LogP contribution < -0.4 is 14.2 Å². The van der Waals surface area contributed by atoms with E-state index in [-0.39, 0.29) is 11.3 Å². The molecule has 1 aliphatic rings. The molecule has 7 nitrogen and oxygen atoms in total. The number of carbonyl (C=O) groups is 1. The summed E-state index contributed by atoms with van der Waals surface area (Å²) in [5.41, 5.74) is 1.45. The second-order valence-corrected chi connectivity index (χ2v) is 9.33. The van der Waals surface area contributed by atoms with Crippen LogP contribution >= 0.6 is 0 Å². The van der Waals surface area contributed by atoms with Gasteiger partial charge in [0, 0.05) is 36.0 Å². The Morgan fingerprint density at radius 1 is 1.03 bits per heavy atom. The average Bonchev–Trinajstić information content (AvgIpc) is 3.35. The van der Waals surface area contributed by atoms with Crippen molar-refractivity contribution in [3.63, 3.8) is 0 Å². The van der Waals surface area contributed by atoms with E-state index in [9.17, 15) is 4.79 Å². The Kier molecular flexibility index (Phi) is 9.78. The lowest BCUT2D eigenvalue weighted by molar-refractivity contribution is 0.0779. The van der Waals surface area contributed by atoms with Crippen LogP contribution in [0, 0.1) is 0 Å². The fraction of sp³-hybridized carbons (Fsp3) is 0.571. The van der Waals surface area contributed by atoms with E-state index < -0.39 is 0 Å². The predicted octanol–water partition coefficient (Wildman–Crippen LogP) is 4.79. The minimum absolute atomic E-state index is 0.0292. The molecule has 1 aromatic heterocycles. The second-order valence-electron chi connectivity index (χ2n) is 9.33. The number of hydrogen-bond acceptors (Lipinski definition) is 6. The highest BCUT2D eigenvalue weighted by Gasteiger charge is 2.42. The van der Waals surface area contributed by atoms with Crippen LogP contribution in [-0.2, 0) is 5.41 Å². The Morgan fingerprint density at radius 2 is 1.77 bits per heavy atom. The van der Waals surface area contributed by atoms with Gasteiger partial charge in [-0.25, -0.2) is 0 Å². The van der Waals surface area contributed by atoms with E-state index in [0.717, 1.165) is 44.6 Å². The average molecular weight is 484 g/mol. The molecule has 35 heavy (non-hydrogen) atoms. The van der Waals surface area contributed by atoms with E-state index in [4.69, 9.17) is 19.2 Å². The van der Waals surface area contributed by atoms with E-state index in [1.807, 2.05) is 17.2 Å². The van der Waals surface area contributed by atoms with Gasteiger partial charge in [-0.1, -0.05) is 26.3 Å². The molecule has 1 fully saturated rings. The summed E-state index contributed by atoms with van der Waals surface area (Å²) in [6, 6.07) is 9.59. The highest BCUT2D eigenvalue weighted by molar-refractivity contribution is 5.96. The number of amides is 1. The molecule has 1 amide bonds. The first-order valence-electron chi connectivity index (χ1n) is 12.7. The molecule has 0 radical (unpaired) electrons. The van der Waals surface area contributed by atoms with Crippen LogP contribution in [-0.4, -0.2) is 74.7 Å². The van der Waals surface area contributed by atoms with E-state index in [0.29, 0.717) is 35.9 Å². The molecule has 3 rings (SSSR count). The number of pyridine rings is 1. The number of ether oxygens (including phenoxy) is 3. The van der Waals surface area contributed by atoms with Gasteiger partial charge in [0.15, 0.2) is 11.5 Å². The Morgan fingerprint density at radius 3 is 2.34 bits per heavy atom. The summed E-state index contributed by atoms with van der Waals surface area (Å²) < 4.78 is 16.4. The third kappa shape index (κ3) is 6.26. The lowest BCUT2D eigenvalue weighted by Gasteiger charge is -2.32. The van der Waals surface area contributed by atoms with Crippen LogP contribution in [0.5, 0.6) is 17.2 Å². The summed E-state index contributed by atoms with van der Waals surface area (Å²) in [4.78, 5) is 22.9. The highest BCUT2D eigenvalue weighted by Crippen LogP contribution is 2.41. The van der Waals surface area contributed by atoms with Crippen LogP contribution in [0.1, 0.15) is 62.0 Å². The number of rotatable bonds is 13. The van der Waals surface area contributed by atoms with Gasteiger partial charge in [-0.05, 0) is 69.6 Å². The topological polar surface area (TPSA) is 64.1 Å². The third-order valence-electron chi connectivity index (χ3n) is 7.04. The summed E-state index contributed by atoms with van der Waals surface area (Å²) in [6.07, 6.45) is 7.29. The number of benzene rings is 1. The zero-order valence-electron chi connectivity index (χ0n) is 22.0. The third-order valence-corrected chi connectivity index (χ3v) is 7.04. The fourth-order valence-corrected chi connectivity index (χ4v) is 5.06. The zero-order chi connectivity index (χ0) is 25.3. The predicted molar refractivity (Wildman–Crippen MR) is 139 cm³/mol. The molecule has 0 spiro atoms. The molecule has 0 saturated carbocycles. The smallest absolute Gasteiger partial charge is 0.254 e. The Hall–Kier alpha value is -2.80. The van der Waals surface area contributed by atoms with Crippen LogP contribution in [0.4, 0.5) is 0 Å². The van der Waals surface area contributed by atoms with Crippen molar-refractivity contribution in [3.05, 3.63) is 47.8 Å². The maximum atomic E-state index is 13.6. The number of likely N-dealkylation sites (tertiary alicyclic amines) is 1. The van der Waals surface area contributed by atoms with Gasteiger partial charge in [0.2, 0.25) is 5.75 Å². The summed E-state index contributed by atoms with van der Waals surface area (Å²) in [5, 5.41) is 0. The van der Waals surface area contributed by atoms with E-state index in [2.05, 4.69) is 30.9 Å². The molecule has 1 aliphatic heterocycles. The minimum atomic E-state index is -0.157. The Balaban J connectivity index is 1.85. The molecule has 1 saturated heterocycles. The lowest BCUT2D eigenvalue weighted by Crippen LogP contribution is -2.38. The standard InChI is InChI=1S/C28H41N3O4/c1-6-8-16-30(15-7-2)17-12-28(25-11-9-10-14-29-25)13-18-31(21-28)27(32)22-19-23(33-3)26(35-5)24(20-22)34-4/h9-11,14,19-20H,6-8,12-13,15-18,21H2,1-5H3. The number of methoxy groups -OCH3 is 3. The molecule has 0 bridgehead atoms. The van der Waals surface area contributed by atoms with Gasteiger partial charge < -0.3 is 24.0 Å². The normalized spacial score (nSPS) is 17.6. The first kappa shape index (κ1) is 26.8. The molecule has 1 unspecified atom stereocenters. The number of nitrogens with zero attached hydrogens (tertiary/aromatic N) is 3. The van der Waals surface area contributed by atoms with Crippen molar-refractivity contribution in [2.45, 2.75) is 51.4 Å². The fourth-order valence-electron chi connectivity index (χ4n) is 5.06. The van der Waals surface area contributed by atoms with Crippen molar-refractivity contribution in [1.29, 1.82) is 0 Å². The summed E-state index contributed by atoms with van der Waals surface area (Å²) in [5.74, 6) is 1.42. The maximum Gasteiger partial charge on any atom is 0.254 e. The molecule has 2 aromatic rings. The molecule has 192 valence electrons. The maximum absolute atomic E-state index is 13.6. The number of unbranched alkanes of at least 4 members (excludes halogenated alkanes) is 1. The number of hydrogen-bond donors (Lipinski definition) is 0. The molecule has 0 aliphatic carbocycles. The quantitative estimate of drug-likeness (QED) is 0.408. The van der Waals surface area contributed by atoms with Crippen LogP contribution in [0.25, 0.3) is 0 Å². The van der Waals surface area contributed by atoms with Gasteiger partial charge in [0.25, 0.3) is 5.91 Å². The first-order chi connectivity index (χ1) is 17.0. The van der Waals surface area contributed by atoms with Crippen LogP contribution in [0.15, 0.2) is 36.5 Å². The highest BCUT2D eigenvalue weighted by atomic mass is 16.5. The largest absolute Gasteiger partial charge is 0.493 e. The first-order valence-corrected chi connectivity index (χ1v) is 12.7. The van der Waals surface area contributed by atoms with Gasteiger partial charge in [-0.15, -0.1) is 0 Å². The van der Waals surface area contributed by atoms with Crippen molar-refractivity contribution >= 4 is 5.91 Å². The Labute approximate surface area is 210 Å². The van der Waals surface area contributed by atoms with Gasteiger partial charge in [-0.2, -0.15) is 0 Å². The van der Waals surface area contributed by atoms with Gasteiger partial charge in [0.1, 0.15) is 0 Å². The molecular formula is C28H41N3O4. The summed E-state index contributed by atoms with van der Waals surface area (Å²) in [6.45, 7) is 9.05. The monoisotopic (exact) mass is 483 g/mol. The molecule has 0 N–H and O–H groups in total. The van der Waals surface area contributed by atoms with E-state index >= 15 is 0 Å².